The summed E-state index contributed by atoms with van der Waals surface area (Å²) in [7, 11) is -1.74. The average molecular weight is 515 g/mol. The third kappa shape index (κ3) is 7.05. The van der Waals surface area contributed by atoms with Gasteiger partial charge in [-0.1, -0.05) is 94.1 Å². The lowest BCUT2D eigenvalue weighted by Crippen LogP contribution is -2.22. The molecule has 0 unspecified atom stereocenters. The minimum atomic E-state index is -1.74. The number of hydrogen-bond donors (Lipinski definition) is 0. The molecule has 3 heteroatoms. The lowest BCUT2D eigenvalue weighted by atomic mass is 10.0. The second-order valence-electron chi connectivity index (χ2n) is 10.4. The van der Waals surface area contributed by atoms with Crippen molar-refractivity contribution in [2.75, 3.05) is 0 Å². The van der Waals surface area contributed by atoms with E-state index in [4.69, 9.17) is 0 Å². The molecule has 0 spiro atoms. The highest BCUT2D eigenvalue weighted by molar-refractivity contribution is 7.96. The standard InChI is InChI=1S/C34H43O2P/c1-7-9-11-19-28-21-22-30(29(23-28)20-12-10-8-2)37(33(35)31-24(3)15-13-16-25(31)4)34(36)32-26(5)17-14-18-27(32)6/h13-18,21-23H,7-12,19-20H2,1-6H3. The van der Waals surface area contributed by atoms with Gasteiger partial charge in [-0.15, -0.1) is 0 Å². The van der Waals surface area contributed by atoms with E-state index in [2.05, 4.69) is 32.0 Å². The average Bonchev–Trinajstić information content (AvgIpc) is 2.85. The Hall–Kier alpha value is -2.57. The Bertz CT molecular complexity index is 1140. The van der Waals surface area contributed by atoms with E-state index in [9.17, 15) is 9.59 Å². The van der Waals surface area contributed by atoms with E-state index in [1.54, 1.807) is 0 Å². The predicted molar refractivity (Wildman–Crippen MR) is 160 cm³/mol. The van der Waals surface area contributed by atoms with Gasteiger partial charge in [-0.05, 0) is 92.1 Å². The van der Waals surface area contributed by atoms with Crippen molar-refractivity contribution in [1.82, 2.24) is 0 Å². The number of rotatable bonds is 13. The highest BCUT2D eigenvalue weighted by Gasteiger charge is 2.34. The lowest BCUT2D eigenvalue weighted by Gasteiger charge is -2.23. The molecular formula is C34H43O2P. The largest absolute Gasteiger partial charge is 0.288 e. The van der Waals surface area contributed by atoms with Gasteiger partial charge in [-0.3, -0.25) is 9.59 Å². The molecule has 0 aliphatic heterocycles. The van der Waals surface area contributed by atoms with Crippen LogP contribution in [0.4, 0.5) is 0 Å². The van der Waals surface area contributed by atoms with Gasteiger partial charge in [0, 0.05) is 11.1 Å². The molecule has 0 radical (unpaired) electrons. The van der Waals surface area contributed by atoms with Crippen molar-refractivity contribution in [2.24, 2.45) is 0 Å². The van der Waals surface area contributed by atoms with Gasteiger partial charge in [0.05, 0.1) is 7.92 Å². The minimum Gasteiger partial charge on any atom is -0.288 e. The third-order valence-corrected chi connectivity index (χ3v) is 9.48. The second-order valence-corrected chi connectivity index (χ2v) is 12.3. The van der Waals surface area contributed by atoms with Crippen LogP contribution in [0.3, 0.4) is 0 Å². The van der Waals surface area contributed by atoms with Crippen molar-refractivity contribution >= 4 is 24.3 Å². The van der Waals surface area contributed by atoms with Crippen LogP contribution in [0.2, 0.25) is 0 Å². The zero-order chi connectivity index (χ0) is 26.9. The summed E-state index contributed by atoms with van der Waals surface area (Å²) in [6.45, 7) is 12.4. The van der Waals surface area contributed by atoms with Gasteiger partial charge >= 0.3 is 0 Å². The van der Waals surface area contributed by atoms with Crippen molar-refractivity contribution in [1.29, 1.82) is 0 Å². The first-order valence-electron chi connectivity index (χ1n) is 13.9. The van der Waals surface area contributed by atoms with Gasteiger partial charge in [-0.2, -0.15) is 0 Å². The molecule has 3 aromatic rings. The maximum absolute atomic E-state index is 14.4. The molecule has 0 heterocycles. The van der Waals surface area contributed by atoms with Crippen LogP contribution in [0, 0.1) is 27.7 Å². The second kappa shape index (κ2) is 13.8. The molecule has 0 aliphatic rings. The Labute approximate surface area is 225 Å². The van der Waals surface area contributed by atoms with Crippen LogP contribution in [0.15, 0.2) is 54.6 Å². The van der Waals surface area contributed by atoms with Gasteiger partial charge in [0.15, 0.2) is 11.0 Å². The quantitative estimate of drug-likeness (QED) is 0.168. The molecule has 196 valence electrons. The van der Waals surface area contributed by atoms with Crippen molar-refractivity contribution in [3.8, 4) is 0 Å². The fourth-order valence-corrected chi connectivity index (χ4v) is 7.66. The smallest absolute Gasteiger partial charge is 0.197 e. The molecule has 0 saturated heterocycles. The van der Waals surface area contributed by atoms with E-state index in [0.717, 1.165) is 59.7 Å². The summed E-state index contributed by atoms with van der Waals surface area (Å²) >= 11 is 0. The van der Waals surface area contributed by atoms with Gasteiger partial charge in [0.25, 0.3) is 0 Å². The maximum atomic E-state index is 14.4. The Morgan fingerprint density at radius 2 is 1.08 bits per heavy atom. The van der Waals surface area contributed by atoms with Gasteiger partial charge in [-0.25, -0.2) is 0 Å². The predicted octanol–water partition coefficient (Wildman–Crippen LogP) is 9.17. The number of unbranched alkanes of at least 4 members (excludes halogenated alkanes) is 4. The van der Waals surface area contributed by atoms with Crippen LogP contribution in [0.1, 0.15) is 106 Å². The Morgan fingerprint density at radius 3 is 1.54 bits per heavy atom. The number of benzene rings is 3. The van der Waals surface area contributed by atoms with Crippen LogP contribution in [0.5, 0.6) is 0 Å². The van der Waals surface area contributed by atoms with E-state index >= 15 is 0 Å². The number of carbonyl (C=O) groups excluding carboxylic acids is 2. The minimum absolute atomic E-state index is 0.0197. The van der Waals surface area contributed by atoms with E-state index in [0.29, 0.717) is 11.1 Å². The van der Waals surface area contributed by atoms with Crippen LogP contribution in [-0.4, -0.2) is 11.0 Å². The molecule has 37 heavy (non-hydrogen) atoms. The van der Waals surface area contributed by atoms with Crippen molar-refractivity contribution in [3.63, 3.8) is 0 Å². The first kappa shape index (κ1) is 29.0. The molecule has 0 saturated carbocycles. The topological polar surface area (TPSA) is 34.1 Å². The van der Waals surface area contributed by atoms with E-state index in [1.807, 2.05) is 64.1 Å². The molecule has 0 aliphatic carbocycles. The summed E-state index contributed by atoms with van der Waals surface area (Å²) < 4.78 is 0. The molecule has 0 amide bonds. The van der Waals surface area contributed by atoms with Crippen molar-refractivity contribution < 1.29 is 9.59 Å². The third-order valence-electron chi connectivity index (χ3n) is 7.30. The fraction of sp³-hybridized carbons (Fsp3) is 0.412. The van der Waals surface area contributed by atoms with Crippen LogP contribution in [-0.2, 0) is 12.8 Å². The summed E-state index contributed by atoms with van der Waals surface area (Å²) in [5.41, 5.74) is 7.64. The molecule has 0 N–H and O–H groups in total. The summed E-state index contributed by atoms with van der Waals surface area (Å²) in [4.78, 5) is 28.8. The molecule has 2 nitrogen and oxygen atoms in total. The molecular weight excluding hydrogens is 471 g/mol. The summed E-state index contributed by atoms with van der Waals surface area (Å²) in [6.07, 6.45) is 8.89. The lowest BCUT2D eigenvalue weighted by molar-refractivity contribution is 0.105. The maximum Gasteiger partial charge on any atom is 0.197 e. The highest BCUT2D eigenvalue weighted by Crippen LogP contribution is 2.46. The number of aryl methyl sites for hydroxylation is 6. The first-order chi connectivity index (χ1) is 17.8. The SMILES string of the molecule is CCCCCc1ccc(P(C(=O)c2c(C)cccc2C)C(=O)c2c(C)cccc2C)c(CCCCC)c1. The molecule has 3 rings (SSSR count). The zero-order valence-corrected chi connectivity index (χ0v) is 24.5. The molecule has 0 aromatic heterocycles. The normalized spacial score (nSPS) is 11.2. The number of hydrogen-bond acceptors (Lipinski definition) is 2. The van der Waals surface area contributed by atoms with Crippen molar-refractivity contribution in [2.45, 2.75) is 92.9 Å². The number of carbonyl (C=O) groups is 2. The monoisotopic (exact) mass is 514 g/mol. The fourth-order valence-electron chi connectivity index (χ4n) is 5.20. The molecule has 3 aromatic carbocycles. The van der Waals surface area contributed by atoms with Crippen LogP contribution >= 0.6 is 7.92 Å². The summed E-state index contributed by atoms with van der Waals surface area (Å²) in [6, 6.07) is 18.5. The zero-order valence-electron chi connectivity index (χ0n) is 23.6. The van der Waals surface area contributed by atoms with E-state index in [-0.39, 0.29) is 11.0 Å². The van der Waals surface area contributed by atoms with Gasteiger partial charge in [0.2, 0.25) is 0 Å². The highest BCUT2D eigenvalue weighted by atomic mass is 31.1. The van der Waals surface area contributed by atoms with Crippen LogP contribution < -0.4 is 5.30 Å². The summed E-state index contributed by atoms with van der Waals surface area (Å²) in [5.74, 6) is 0. The summed E-state index contributed by atoms with van der Waals surface area (Å²) in [5, 5.41) is 0.950. The van der Waals surface area contributed by atoms with E-state index < -0.39 is 7.92 Å². The molecule has 0 bridgehead atoms. The van der Waals surface area contributed by atoms with Crippen LogP contribution in [0.25, 0.3) is 0 Å². The Balaban J connectivity index is 2.19. The van der Waals surface area contributed by atoms with Gasteiger partial charge < -0.3 is 0 Å². The molecule has 0 atom stereocenters. The first-order valence-corrected chi connectivity index (χ1v) is 15.3. The van der Waals surface area contributed by atoms with E-state index in [1.165, 1.54) is 30.4 Å². The van der Waals surface area contributed by atoms with Gasteiger partial charge in [0.1, 0.15) is 0 Å². The molecule has 0 fully saturated rings. The Morgan fingerprint density at radius 1 is 0.622 bits per heavy atom. The van der Waals surface area contributed by atoms with Crippen molar-refractivity contribution in [3.05, 3.63) is 99.1 Å². The Kier molecular flexibility index (Phi) is 10.8.